The first-order valence-corrected chi connectivity index (χ1v) is 5.86. The highest BCUT2D eigenvalue weighted by atomic mass is 16.3. The number of nitrogens with zero attached hydrogens (tertiary/aromatic N) is 2. The standard InChI is InChI=1S/C13H20N2O/c1-10(2)11-4-5-13(3,16)12(8-11)15-7-6-14-9-15/h6-7,9,11-12,16H,1,4-5,8H2,2-3H3. The average Bonchev–Trinajstić information content (AvgIpc) is 2.69. The molecule has 1 aliphatic rings. The van der Waals surface area contributed by atoms with E-state index in [-0.39, 0.29) is 6.04 Å². The van der Waals surface area contributed by atoms with Gasteiger partial charge in [0, 0.05) is 12.4 Å². The fraction of sp³-hybridized carbons (Fsp3) is 0.615. The molecule has 1 aliphatic carbocycles. The lowest BCUT2D eigenvalue weighted by atomic mass is 9.74. The molecule has 0 bridgehead atoms. The zero-order chi connectivity index (χ0) is 11.8. The van der Waals surface area contributed by atoms with Crippen molar-refractivity contribution in [1.29, 1.82) is 0 Å². The summed E-state index contributed by atoms with van der Waals surface area (Å²) in [6.07, 6.45) is 8.31. The summed E-state index contributed by atoms with van der Waals surface area (Å²) in [6.45, 7) is 8.04. The molecule has 0 amide bonds. The molecule has 88 valence electrons. The van der Waals surface area contributed by atoms with E-state index in [1.54, 1.807) is 12.5 Å². The lowest BCUT2D eigenvalue weighted by molar-refractivity contribution is -0.0350. The highest BCUT2D eigenvalue weighted by Gasteiger charge is 2.39. The second kappa shape index (κ2) is 4.06. The van der Waals surface area contributed by atoms with Crippen molar-refractivity contribution in [2.45, 2.75) is 44.8 Å². The second-order valence-electron chi connectivity index (χ2n) is 5.20. The minimum Gasteiger partial charge on any atom is -0.388 e. The van der Waals surface area contributed by atoms with E-state index in [4.69, 9.17) is 0 Å². The lowest BCUT2D eigenvalue weighted by Crippen LogP contribution is -2.41. The summed E-state index contributed by atoms with van der Waals surface area (Å²) in [5.41, 5.74) is 0.591. The van der Waals surface area contributed by atoms with Gasteiger partial charge < -0.3 is 9.67 Å². The third-order valence-electron chi connectivity index (χ3n) is 3.81. The Morgan fingerprint density at radius 3 is 2.94 bits per heavy atom. The van der Waals surface area contributed by atoms with Crippen LogP contribution in [0.5, 0.6) is 0 Å². The van der Waals surface area contributed by atoms with Gasteiger partial charge >= 0.3 is 0 Å². The maximum atomic E-state index is 10.4. The summed E-state index contributed by atoms with van der Waals surface area (Å²) in [5.74, 6) is 0.521. The molecule has 1 heterocycles. The van der Waals surface area contributed by atoms with E-state index in [0.717, 1.165) is 19.3 Å². The molecular formula is C13H20N2O. The van der Waals surface area contributed by atoms with Crippen molar-refractivity contribution in [3.05, 3.63) is 30.9 Å². The van der Waals surface area contributed by atoms with Gasteiger partial charge in [0.15, 0.2) is 0 Å². The van der Waals surface area contributed by atoms with Crippen LogP contribution < -0.4 is 0 Å². The van der Waals surface area contributed by atoms with Crippen molar-refractivity contribution in [3.8, 4) is 0 Å². The van der Waals surface area contributed by atoms with Gasteiger partial charge in [-0.15, -0.1) is 0 Å². The van der Waals surface area contributed by atoms with Crippen LogP contribution in [0.2, 0.25) is 0 Å². The molecule has 1 fully saturated rings. The zero-order valence-corrected chi connectivity index (χ0v) is 10.1. The highest BCUT2D eigenvalue weighted by molar-refractivity contribution is 5.05. The van der Waals surface area contributed by atoms with Gasteiger partial charge in [-0.2, -0.15) is 0 Å². The first kappa shape index (κ1) is 11.4. The largest absolute Gasteiger partial charge is 0.388 e. The quantitative estimate of drug-likeness (QED) is 0.778. The predicted octanol–water partition coefficient (Wildman–Crippen LogP) is 2.55. The maximum Gasteiger partial charge on any atom is 0.0949 e. The number of allylic oxidation sites excluding steroid dienone is 1. The summed E-state index contributed by atoms with van der Waals surface area (Å²) in [6, 6.07) is 0.116. The summed E-state index contributed by atoms with van der Waals surface area (Å²) >= 11 is 0. The predicted molar refractivity (Wildman–Crippen MR) is 64.0 cm³/mol. The van der Waals surface area contributed by atoms with Crippen LogP contribution in [0.1, 0.15) is 39.2 Å². The van der Waals surface area contributed by atoms with Gasteiger partial charge in [0.05, 0.1) is 18.0 Å². The summed E-state index contributed by atoms with van der Waals surface area (Å²) in [5, 5.41) is 10.4. The summed E-state index contributed by atoms with van der Waals surface area (Å²) < 4.78 is 2.02. The Morgan fingerprint density at radius 1 is 1.62 bits per heavy atom. The minimum atomic E-state index is -0.632. The summed E-state index contributed by atoms with van der Waals surface area (Å²) in [4.78, 5) is 4.06. The molecule has 0 spiro atoms. The SMILES string of the molecule is C=C(C)C1CCC(C)(O)C(n2ccnc2)C1. The number of hydrogen-bond acceptors (Lipinski definition) is 2. The molecule has 3 nitrogen and oxygen atoms in total. The van der Waals surface area contributed by atoms with E-state index in [0.29, 0.717) is 5.92 Å². The van der Waals surface area contributed by atoms with Gasteiger partial charge in [-0.3, -0.25) is 0 Å². The number of hydrogen-bond donors (Lipinski definition) is 1. The van der Waals surface area contributed by atoms with Crippen LogP contribution >= 0.6 is 0 Å². The summed E-state index contributed by atoms with van der Waals surface area (Å²) in [7, 11) is 0. The van der Waals surface area contributed by atoms with E-state index < -0.39 is 5.60 Å². The van der Waals surface area contributed by atoms with Crippen molar-refractivity contribution < 1.29 is 5.11 Å². The van der Waals surface area contributed by atoms with Crippen LogP contribution in [0.4, 0.5) is 0 Å². The molecule has 3 heteroatoms. The topological polar surface area (TPSA) is 38.0 Å². The third-order valence-corrected chi connectivity index (χ3v) is 3.81. The Hall–Kier alpha value is -1.09. The monoisotopic (exact) mass is 220 g/mol. The molecule has 0 radical (unpaired) electrons. The Balaban J connectivity index is 2.22. The van der Waals surface area contributed by atoms with Gasteiger partial charge in [-0.1, -0.05) is 12.2 Å². The van der Waals surface area contributed by atoms with Crippen LogP contribution in [0, 0.1) is 5.92 Å². The average molecular weight is 220 g/mol. The molecule has 0 aliphatic heterocycles. The molecule has 1 saturated carbocycles. The molecule has 0 aromatic carbocycles. The third kappa shape index (κ3) is 2.05. The van der Waals surface area contributed by atoms with Crippen LogP contribution in [-0.4, -0.2) is 20.3 Å². The maximum absolute atomic E-state index is 10.4. The Morgan fingerprint density at radius 2 is 2.38 bits per heavy atom. The van der Waals surface area contributed by atoms with Gasteiger partial charge in [0.25, 0.3) is 0 Å². The van der Waals surface area contributed by atoms with Crippen molar-refractivity contribution in [3.63, 3.8) is 0 Å². The molecule has 0 saturated heterocycles. The number of imidazole rings is 1. The number of aliphatic hydroxyl groups is 1. The minimum absolute atomic E-state index is 0.116. The highest BCUT2D eigenvalue weighted by Crippen LogP contribution is 2.42. The van der Waals surface area contributed by atoms with Gasteiger partial charge in [-0.05, 0) is 39.0 Å². The first-order valence-electron chi connectivity index (χ1n) is 5.86. The molecule has 2 rings (SSSR count). The molecule has 1 N–H and O–H groups in total. The fourth-order valence-corrected chi connectivity index (χ4v) is 2.62. The van der Waals surface area contributed by atoms with E-state index in [9.17, 15) is 5.11 Å². The molecule has 16 heavy (non-hydrogen) atoms. The van der Waals surface area contributed by atoms with Crippen LogP contribution in [0.15, 0.2) is 30.9 Å². The Kier molecular flexibility index (Phi) is 2.89. The molecule has 1 aromatic rings. The van der Waals surface area contributed by atoms with E-state index in [2.05, 4.69) is 18.5 Å². The molecular weight excluding hydrogens is 200 g/mol. The van der Waals surface area contributed by atoms with Crippen molar-refractivity contribution in [2.75, 3.05) is 0 Å². The molecule has 1 aromatic heterocycles. The molecule has 3 unspecified atom stereocenters. The first-order chi connectivity index (χ1) is 7.50. The van der Waals surface area contributed by atoms with Gasteiger partial charge in [0.2, 0.25) is 0 Å². The van der Waals surface area contributed by atoms with Gasteiger partial charge in [0.1, 0.15) is 0 Å². The Bertz CT molecular complexity index is 367. The lowest BCUT2D eigenvalue weighted by Gasteiger charge is -2.41. The second-order valence-corrected chi connectivity index (χ2v) is 5.20. The fourth-order valence-electron chi connectivity index (χ4n) is 2.62. The molecule has 3 atom stereocenters. The van der Waals surface area contributed by atoms with E-state index in [1.807, 2.05) is 17.7 Å². The van der Waals surface area contributed by atoms with Crippen LogP contribution in [0.25, 0.3) is 0 Å². The van der Waals surface area contributed by atoms with Gasteiger partial charge in [-0.25, -0.2) is 4.98 Å². The zero-order valence-electron chi connectivity index (χ0n) is 10.1. The van der Waals surface area contributed by atoms with Crippen LogP contribution in [0.3, 0.4) is 0 Å². The normalized spacial score (nSPS) is 34.9. The van der Waals surface area contributed by atoms with Crippen LogP contribution in [-0.2, 0) is 0 Å². The number of aromatic nitrogens is 2. The van der Waals surface area contributed by atoms with Crippen molar-refractivity contribution in [1.82, 2.24) is 9.55 Å². The van der Waals surface area contributed by atoms with E-state index >= 15 is 0 Å². The smallest absolute Gasteiger partial charge is 0.0949 e. The van der Waals surface area contributed by atoms with Crippen molar-refractivity contribution >= 4 is 0 Å². The number of rotatable bonds is 2. The Labute approximate surface area is 96.8 Å². The van der Waals surface area contributed by atoms with Crippen molar-refractivity contribution in [2.24, 2.45) is 5.92 Å². The van der Waals surface area contributed by atoms with E-state index in [1.165, 1.54) is 5.57 Å².